The van der Waals surface area contributed by atoms with Crippen LogP contribution in [0.1, 0.15) is 17.2 Å². The molecule has 0 amide bonds. The first-order valence-corrected chi connectivity index (χ1v) is 4.11. The number of benzene rings is 1. The van der Waals surface area contributed by atoms with Crippen LogP contribution in [0.15, 0.2) is 24.3 Å². The van der Waals surface area contributed by atoms with Crippen molar-refractivity contribution in [1.82, 2.24) is 0 Å². The molecule has 0 saturated carbocycles. The molecule has 0 heterocycles. The Labute approximate surface area is 77.2 Å². The van der Waals surface area contributed by atoms with Crippen LogP contribution in [0.4, 0.5) is 0 Å². The first kappa shape index (κ1) is 9.89. The third kappa shape index (κ3) is 2.37. The lowest BCUT2D eigenvalue weighted by Crippen LogP contribution is -2.23. The predicted molar refractivity (Wildman–Crippen MR) is 50.2 cm³/mol. The van der Waals surface area contributed by atoms with Crippen molar-refractivity contribution in [1.29, 1.82) is 0 Å². The van der Waals surface area contributed by atoms with E-state index in [9.17, 15) is 4.79 Å². The fourth-order valence-corrected chi connectivity index (χ4v) is 1.15. The van der Waals surface area contributed by atoms with Gasteiger partial charge in [-0.1, -0.05) is 29.8 Å². The molecule has 0 aromatic heterocycles. The molecular formula is C10H13NO2. The fraction of sp³-hybridized carbons (Fsp3) is 0.300. The number of Topliss-reactive ketones (excluding diaryl/α,β-unsaturated/α-hetero) is 1. The van der Waals surface area contributed by atoms with E-state index in [4.69, 9.17) is 10.8 Å². The van der Waals surface area contributed by atoms with Crippen LogP contribution in [0.3, 0.4) is 0 Å². The van der Waals surface area contributed by atoms with Gasteiger partial charge in [-0.25, -0.2) is 0 Å². The monoisotopic (exact) mass is 179 g/mol. The van der Waals surface area contributed by atoms with E-state index in [1.165, 1.54) is 0 Å². The molecule has 0 unspecified atom stereocenters. The fourth-order valence-electron chi connectivity index (χ4n) is 1.15. The van der Waals surface area contributed by atoms with E-state index >= 15 is 0 Å². The number of aliphatic hydroxyl groups excluding tert-OH is 1. The van der Waals surface area contributed by atoms with E-state index in [1.54, 1.807) is 6.07 Å². The standard InChI is InChI=1S/C10H13NO2/c1-7-3-2-4-8(5-7)10(11)9(13)6-12/h2-5,10,12H,6,11H2,1H3/t10-/m1/s1. The lowest BCUT2D eigenvalue weighted by Gasteiger charge is -2.09. The second kappa shape index (κ2) is 4.16. The average molecular weight is 179 g/mol. The molecule has 0 fully saturated rings. The third-order valence-corrected chi connectivity index (χ3v) is 1.90. The summed E-state index contributed by atoms with van der Waals surface area (Å²) in [6.07, 6.45) is 0. The molecule has 1 rings (SSSR count). The van der Waals surface area contributed by atoms with Crippen molar-refractivity contribution in [2.24, 2.45) is 5.73 Å². The minimum absolute atomic E-state index is 0.356. The number of nitrogens with two attached hydrogens (primary N) is 1. The Morgan fingerprint density at radius 1 is 1.62 bits per heavy atom. The second-order valence-electron chi connectivity index (χ2n) is 3.02. The molecular weight excluding hydrogens is 166 g/mol. The highest BCUT2D eigenvalue weighted by Crippen LogP contribution is 2.12. The minimum Gasteiger partial charge on any atom is -0.389 e. The zero-order chi connectivity index (χ0) is 9.84. The highest BCUT2D eigenvalue weighted by Gasteiger charge is 2.13. The smallest absolute Gasteiger partial charge is 0.179 e. The van der Waals surface area contributed by atoms with Gasteiger partial charge in [0.2, 0.25) is 0 Å². The topological polar surface area (TPSA) is 63.3 Å². The van der Waals surface area contributed by atoms with Crippen molar-refractivity contribution in [2.75, 3.05) is 6.61 Å². The highest BCUT2D eigenvalue weighted by molar-refractivity contribution is 5.85. The van der Waals surface area contributed by atoms with Crippen molar-refractivity contribution < 1.29 is 9.90 Å². The molecule has 13 heavy (non-hydrogen) atoms. The molecule has 1 aromatic carbocycles. The van der Waals surface area contributed by atoms with Gasteiger partial charge in [0.25, 0.3) is 0 Å². The molecule has 0 aliphatic heterocycles. The van der Waals surface area contributed by atoms with E-state index < -0.39 is 12.6 Å². The maximum atomic E-state index is 11.0. The highest BCUT2D eigenvalue weighted by atomic mass is 16.3. The van der Waals surface area contributed by atoms with Crippen molar-refractivity contribution >= 4 is 5.78 Å². The van der Waals surface area contributed by atoms with Crippen molar-refractivity contribution in [3.8, 4) is 0 Å². The van der Waals surface area contributed by atoms with Crippen molar-refractivity contribution in [2.45, 2.75) is 13.0 Å². The molecule has 0 radical (unpaired) electrons. The zero-order valence-electron chi connectivity index (χ0n) is 7.53. The Kier molecular flexibility index (Phi) is 3.17. The number of rotatable bonds is 3. The number of ketones is 1. The number of carbonyl (C=O) groups is 1. The Morgan fingerprint density at radius 3 is 2.85 bits per heavy atom. The molecule has 3 nitrogen and oxygen atoms in total. The van der Waals surface area contributed by atoms with Crippen molar-refractivity contribution in [3.63, 3.8) is 0 Å². The Morgan fingerprint density at radius 2 is 2.31 bits per heavy atom. The van der Waals surface area contributed by atoms with Gasteiger partial charge in [-0.3, -0.25) is 4.79 Å². The van der Waals surface area contributed by atoms with E-state index in [1.807, 2.05) is 25.1 Å². The van der Waals surface area contributed by atoms with E-state index in [2.05, 4.69) is 0 Å². The Hall–Kier alpha value is -1.19. The summed E-state index contributed by atoms with van der Waals surface area (Å²) < 4.78 is 0. The summed E-state index contributed by atoms with van der Waals surface area (Å²) in [5, 5.41) is 8.61. The largest absolute Gasteiger partial charge is 0.389 e. The lowest BCUT2D eigenvalue weighted by molar-refractivity contribution is -0.123. The minimum atomic E-state index is -0.704. The van der Waals surface area contributed by atoms with Gasteiger partial charge in [-0.2, -0.15) is 0 Å². The number of carbonyl (C=O) groups excluding carboxylic acids is 1. The predicted octanol–water partition coefficient (Wildman–Crippen LogP) is 0.556. The van der Waals surface area contributed by atoms with Crippen molar-refractivity contribution in [3.05, 3.63) is 35.4 Å². The average Bonchev–Trinajstić information content (AvgIpc) is 2.15. The van der Waals surface area contributed by atoms with Crippen LogP contribution in [0.5, 0.6) is 0 Å². The molecule has 0 aliphatic rings. The molecule has 0 aliphatic carbocycles. The maximum absolute atomic E-state index is 11.0. The van der Waals surface area contributed by atoms with Gasteiger partial charge in [0.1, 0.15) is 6.61 Å². The van der Waals surface area contributed by atoms with Crippen LogP contribution >= 0.6 is 0 Å². The molecule has 1 aromatic rings. The van der Waals surface area contributed by atoms with E-state index in [0.29, 0.717) is 0 Å². The normalized spacial score (nSPS) is 12.5. The van der Waals surface area contributed by atoms with Crippen LogP contribution < -0.4 is 5.73 Å². The third-order valence-electron chi connectivity index (χ3n) is 1.90. The SMILES string of the molecule is Cc1cccc([C@@H](N)C(=O)CO)c1. The molecule has 3 heteroatoms. The van der Waals surface area contributed by atoms with Gasteiger partial charge < -0.3 is 10.8 Å². The summed E-state index contributed by atoms with van der Waals surface area (Å²) in [6.45, 7) is 1.43. The molecule has 0 saturated heterocycles. The van der Waals surface area contributed by atoms with Crippen LogP contribution in [0.25, 0.3) is 0 Å². The first-order chi connectivity index (χ1) is 6.15. The van der Waals surface area contributed by atoms with Crippen LogP contribution in [0, 0.1) is 6.92 Å². The molecule has 0 bridgehead atoms. The summed E-state index contributed by atoms with van der Waals surface area (Å²) in [5.74, 6) is -0.356. The summed E-state index contributed by atoms with van der Waals surface area (Å²) in [4.78, 5) is 11.0. The summed E-state index contributed by atoms with van der Waals surface area (Å²) in [6, 6.07) is 6.70. The van der Waals surface area contributed by atoms with Gasteiger partial charge in [-0.05, 0) is 12.5 Å². The Balaban J connectivity index is 2.88. The summed E-state index contributed by atoms with van der Waals surface area (Å²) in [7, 11) is 0. The molecule has 0 spiro atoms. The van der Waals surface area contributed by atoms with Crippen LogP contribution in [-0.2, 0) is 4.79 Å². The summed E-state index contributed by atoms with van der Waals surface area (Å²) >= 11 is 0. The van der Waals surface area contributed by atoms with E-state index in [-0.39, 0.29) is 5.78 Å². The van der Waals surface area contributed by atoms with Crippen LogP contribution in [0.2, 0.25) is 0 Å². The Bertz CT molecular complexity index is 310. The second-order valence-corrected chi connectivity index (χ2v) is 3.02. The number of aliphatic hydroxyl groups is 1. The number of hydrogen-bond donors (Lipinski definition) is 2. The van der Waals surface area contributed by atoms with E-state index in [0.717, 1.165) is 11.1 Å². The van der Waals surface area contributed by atoms with Gasteiger partial charge in [0, 0.05) is 0 Å². The number of hydrogen-bond acceptors (Lipinski definition) is 3. The van der Waals surface area contributed by atoms with Gasteiger partial charge in [-0.15, -0.1) is 0 Å². The quantitative estimate of drug-likeness (QED) is 0.712. The summed E-state index contributed by atoms with van der Waals surface area (Å²) in [5.41, 5.74) is 7.41. The van der Waals surface area contributed by atoms with Gasteiger partial charge >= 0.3 is 0 Å². The molecule has 1 atom stereocenters. The van der Waals surface area contributed by atoms with Gasteiger partial charge in [0.15, 0.2) is 5.78 Å². The lowest BCUT2D eigenvalue weighted by atomic mass is 10.0. The van der Waals surface area contributed by atoms with Gasteiger partial charge in [0.05, 0.1) is 6.04 Å². The maximum Gasteiger partial charge on any atom is 0.179 e. The number of aryl methyl sites for hydroxylation is 1. The first-order valence-electron chi connectivity index (χ1n) is 4.11. The van der Waals surface area contributed by atoms with Crippen LogP contribution in [-0.4, -0.2) is 17.5 Å². The molecule has 70 valence electrons. The molecule has 3 N–H and O–H groups in total. The zero-order valence-corrected chi connectivity index (χ0v) is 7.53.